The Labute approximate surface area is 147 Å². The molecule has 1 heterocycles. The van der Waals surface area contributed by atoms with Crippen LogP contribution in [-0.4, -0.2) is 24.1 Å². The van der Waals surface area contributed by atoms with Gasteiger partial charge in [-0.15, -0.1) is 0 Å². The van der Waals surface area contributed by atoms with E-state index in [1.165, 1.54) is 6.42 Å². The van der Waals surface area contributed by atoms with Gasteiger partial charge in [0.05, 0.1) is 11.3 Å². The van der Waals surface area contributed by atoms with Gasteiger partial charge in [-0.25, -0.2) is 13.1 Å². The Bertz CT molecular complexity index is 968. The van der Waals surface area contributed by atoms with Crippen LogP contribution in [0.15, 0.2) is 36.5 Å². The first kappa shape index (κ1) is 16.4. The number of carbonyl (C=O) groups is 1. The van der Waals surface area contributed by atoms with Crippen LogP contribution in [0.25, 0.3) is 10.9 Å². The maximum Gasteiger partial charge on any atom is 0.264 e. The molecule has 2 aromatic rings. The van der Waals surface area contributed by atoms with Crippen LogP contribution in [0, 0.1) is 6.92 Å². The van der Waals surface area contributed by atoms with Crippen LogP contribution in [0.5, 0.6) is 0 Å². The fraction of sp³-hybridized carbons (Fsp3) is 0.421. The number of carbonyl (C=O) groups excluding carboxylic acids is 1. The van der Waals surface area contributed by atoms with Gasteiger partial charge >= 0.3 is 0 Å². The van der Waals surface area contributed by atoms with E-state index in [1.807, 2.05) is 13.0 Å². The number of rotatable bonds is 4. The lowest BCUT2D eigenvalue weighted by molar-refractivity contribution is 0.0981. The third-order valence-corrected chi connectivity index (χ3v) is 6.90. The second-order valence-electron chi connectivity index (χ2n) is 7.05. The Morgan fingerprint density at radius 2 is 2.04 bits per heavy atom. The quantitative estimate of drug-likeness (QED) is 0.851. The molecule has 1 atom stereocenters. The van der Waals surface area contributed by atoms with Crippen molar-refractivity contribution in [1.29, 1.82) is 0 Å². The van der Waals surface area contributed by atoms with Crippen LogP contribution < -0.4 is 4.72 Å². The minimum Gasteiger partial charge on any atom is -0.340 e. The molecule has 1 aromatic heterocycles. The van der Waals surface area contributed by atoms with Crippen LogP contribution in [0.4, 0.5) is 0 Å². The molecule has 0 spiro atoms. The number of allylic oxidation sites excluding steroid dienone is 2. The third kappa shape index (κ3) is 3.11. The van der Waals surface area contributed by atoms with E-state index < -0.39 is 21.2 Å². The smallest absolute Gasteiger partial charge is 0.264 e. The predicted molar refractivity (Wildman–Crippen MR) is 98.1 cm³/mol. The summed E-state index contributed by atoms with van der Waals surface area (Å²) >= 11 is 0. The highest BCUT2D eigenvalue weighted by Crippen LogP contribution is 2.31. The molecule has 25 heavy (non-hydrogen) atoms. The van der Waals surface area contributed by atoms with Crippen molar-refractivity contribution in [2.75, 3.05) is 0 Å². The van der Waals surface area contributed by atoms with Crippen molar-refractivity contribution in [3.05, 3.63) is 47.7 Å². The summed E-state index contributed by atoms with van der Waals surface area (Å²) in [4.78, 5) is 12.3. The zero-order valence-electron chi connectivity index (χ0n) is 14.2. The van der Waals surface area contributed by atoms with Gasteiger partial charge < -0.3 is 4.57 Å². The number of amides is 1. The molecule has 1 aromatic carbocycles. The molecular weight excluding hydrogens is 336 g/mol. The Balaban J connectivity index is 1.66. The van der Waals surface area contributed by atoms with Crippen LogP contribution >= 0.6 is 0 Å². The highest BCUT2D eigenvalue weighted by Gasteiger charge is 2.37. The van der Waals surface area contributed by atoms with Crippen molar-refractivity contribution in [3.63, 3.8) is 0 Å². The number of sulfonamides is 1. The monoisotopic (exact) mass is 358 g/mol. The average Bonchev–Trinajstić information content (AvgIpc) is 3.41. The molecule has 4 rings (SSSR count). The Morgan fingerprint density at radius 3 is 2.72 bits per heavy atom. The van der Waals surface area contributed by atoms with E-state index >= 15 is 0 Å². The third-order valence-electron chi connectivity index (χ3n) is 5.08. The zero-order valence-corrected chi connectivity index (χ0v) is 15.1. The van der Waals surface area contributed by atoms with Gasteiger partial charge in [0.15, 0.2) is 0 Å². The van der Waals surface area contributed by atoms with Crippen molar-refractivity contribution in [2.45, 2.75) is 50.3 Å². The Morgan fingerprint density at radius 1 is 1.24 bits per heavy atom. The van der Waals surface area contributed by atoms with E-state index in [0.717, 1.165) is 29.3 Å². The van der Waals surface area contributed by atoms with Crippen molar-refractivity contribution in [1.82, 2.24) is 9.29 Å². The SMILES string of the molecule is Cc1cn(C2C=CCCC2)c2ccc(C(=O)NS(=O)(=O)C3CC3)cc12. The Hall–Kier alpha value is -2.08. The van der Waals surface area contributed by atoms with Gasteiger partial charge in [0.2, 0.25) is 10.0 Å². The number of nitrogens with one attached hydrogen (secondary N) is 1. The van der Waals surface area contributed by atoms with Gasteiger partial charge in [-0.05, 0) is 62.8 Å². The molecule has 0 bridgehead atoms. The maximum atomic E-state index is 12.3. The number of hydrogen-bond donors (Lipinski definition) is 1. The first-order valence-corrected chi connectivity index (χ1v) is 10.3. The molecule has 0 radical (unpaired) electrons. The molecule has 1 fully saturated rings. The summed E-state index contributed by atoms with van der Waals surface area (Å²) in [5.74, 6) is -0.543. The highest BCUT2D eigenvalue weighted by molar-refractivity contribution is 7.91. The number of aromatic nitrogens is 1. The molecule has 1 N–H and O–H groups in total. The van der Waals surface area contributed by atoms with Gasteiger partial charge in [0.25, 0.3) is 5.91 Å². The molecule has 132 valence electrons. The van der Waals surface area contributed by atoms with Crippen LogP contribution in [0.1, 0.15) is 54.1 Å². The van der Waals surface area contributed by atoms with Gasteiger partial charge in [-0.3, -0.25) is 4.79 Å². The molecule has 5 nitrogen and oxygen atoms in total. The first-order chi connectivity index (χ1) is 12.0. The van der Waals surface area contributed by atoms with Crippen LogP contribution in [0.3, 0.4) is 0 Å². The standard InChI is InChI=1S/C19H22N2O3S/c1-13-12-21(15-5-3-2-4-6-15)18-10-7-14(11-17(13)18)19(22)20-25(23,24)16-8-9-16/h3,5,7,10-12,15-16H,2,4,6,8-9H2,1H3,(H,20,22). The summed E-state index contributed by atoms with van der Waals surface area (Å²) in [5, 5.41) is 0.594. The lowest BCUT2D eigenvalue weighted by Crippen LogP contribution is -2.33. The van der Waals surface area contributed by atoms with Gasteiger partial charge in [0.1, 0.15) is 0 Å². The summed E-state index contributed by atoms with van der Waals surface area (Å²) in [6.45, 7) is 2.02. The van der Waals surface area contributed by atoms with Gasteiger partial charge in [-0.2, -0.15) is 0 Å². The van der Waals surface area contributed by atoms with E-state index in [9.17, 15) is 13.2 Å². The largest absolute Gasteiger partial charge is 0.340 e. The van der Waals surface area contributed by atoms with E-state index in [4.69, 9.17) is 0 Å². The molecular formula is C19H22N2O3S. The van der Waals surface area contributed by atoms with Crippen molar-refractivity contribution in [3.8, 4) is 0 Å². The second-order valence-corrected chi connectivity index (χ2v) is 9.01. The lowest BCUT2D eigenvalue weighted by Gasteiger charge is -2.19. The molecule has 1 saturated carbocycles. The van der Waals surface area contributed by atoms with Gasteiger partial charge in [-0.1, -0.05) is 12.2 Å². The first-order valence-electron chi connectivity index (χ1n) is 8.79. The van der Waals surface area contributed by atoms with Crippen molar-refractivity contribution in [2.24, 2.45) is 0 Å². The molecule has 2 aliphatic carbocycles. The van der Waals surface area contributed by atoms with E-state index in [-0.39, 0.29) is 0 Å². The summed E-state index contributed by atoms with van der Waals surface area (Å²) in [7, 11) is -3.52. The van der Waals surface area contributed by atoms with Crippen LogP contribution in [0.2, 0.25) is 0 Å². The number of nitrogens with zero attached hydrogens (tertiary/aromatic N) is 1. The minimum atomic E-state index is -3.52. The summed E-state index contributed by atoms with van der Waals surface area (Å²) in [5.41, 5.74) is 2.56. The second kappa shape index (κ2) is 6.02. The molecule has 0 saturated heterocycles. The molecule has 0 aliphatic heterocycles. The minimum absolute atomic E-state index is 0.347. The molecule has 1 amide bonds. The summed E-state index contributed by atoms with van der Waals surface area (Å²) in [6.07, 6.45) is 11.3. The fourth-order valence-electron chi connectivity index (χ4n) is 3.52. The molecule has 6 heteroatoms. The number of hydrogen-bond acceptors (Lipinski definition) is 3. The molecule has 1 unspecified atom stereocenters. The normalized spacial score (nSPS) is 20.8. The average molecular weight is 358 g/mol. The van der Waals surface area contributed by atoms with Crippen molar-refractivity contribution >= 4 is 26.8 Å². The lowest BCUT2D eigenvalue weighted by atomic mass is 10.0. The summed E-state index contributed by atoms with van der Waals surface area (Å²) in [6, 6.07) is 5.78. The molecule has 2 aliphatic rings. The number of aryl methyl sites for hydroxylation is 1. The van der Waals surface area contributed by atoms with E-state index in [0.29, 0.717) is 24.4 Å². The maximum absolute atomic E-state index is 12.3. The fourth-order valence-corrected chi connectivity index (χ4v) is 4.82. The highest BCUT2D eigenvalue weighted by atomic mass is 32.2. The topological polar surface area (TPSA) is 68.2 Å². The Kier molecular flexibility index (Phi) is 3.95. The van der Waals surface area contributed by atoms with E-state index in [1.54, 1.807) is 12.1 Å². The van der Waals surface area contributed by atoms with Crippen molar-refractivity contribution < 1.29 is 13.2 Å². The predicted octanol–water partition coefficient (Wildman–Crippen LogP) is 3.45. The number of fused-ring (bicyclic) bond motifs is 1. The zero-order chi connectivity index (χ0) is 17.6. The number of benzene rings is 1. The van der Waals surface area contributed by atoms with Gasteiger partial charge in [0, 0.05) is 22.7 Å². The summed E-state index contributed by atoms with van der Waals surface area (Å²) < 4.78 is 28.4. The van der Waals surface area contributed by atoms with Crippen LogP contribution in [-0.2, 0) is 10.0 Å². The van der Waals surface area contributed by atoms with E-state index in [2.05, 4.69) is 27.6 Å².